The Kier molecular flexibility index (Phi) is 14.7. The number of anilines is 1. The molecule has 2 aromatic heterocycles. The first-order chi connectivity index (χ1) is 33.6. The molecule has 0 aliphatic carbocycles. The average molecular weight is 1030 g/mol. The Morgan fingerprint density at radius 3 is 2.52 bits per heavy atom. The van der Waals surface area contributed by atoms with Crippen LogP contribution in [0.1, 0.15) is 102 Å². The standard InChI is InChI=1S/C50H51F2N6O10PS2/c1-49(2,3)43(55-45(62)40-27-30-26-31(16-18-38(30)71-40)50(51,52)69(66,67)68)48(65)56-23-9-14-37(56)47(64)57(35-13-8-15-39-33(35)21-25-70-39)24-20-41(59)53-22-6-4-5-10-29-11-7-12-32-34(29)28-58(46(32)63)36-17-19-42(60)54-44(36)61/h7-8,11-13,15-16,18,21,25-27,36-37,43H,4,6,9,14,17,19-20,22-24,28H2,1-3H3,(H,53,59)(H,55,62)(H,54,60,61)(H2,66,67,68). The molecular formula is C50H51F2N6O10PS2. The molecule has 3 aliphatic rings. The van der Waals surface area contributed by atoms with Gasteiger partial charge in [0.1, 0.15) is 18.1 Å². The molecule has 5 heterocycles. The molecule has 0 bridgehead atoms. The third-order valence-corrected chi connectivity index (χ3v) is 15.8. The minimum absolute atomic E-state index is 0.00117. The second-order valence-electron chi connectivity index (χ2n) is 18.7. The van der Waals surface area contributed by atoms with Gasteiger partial charge in [0, 0.05) is 76.9 Å². The number of nitrogens with one attached hydrogen (secondary N) is 3. The first-order valence-electron chi connectivity index (χ1n) is 23.0. The number of carbonyl (C=O) groups is 7. The number of unbranched alkanes of at least 4 members (excludes halogenated alkanes) is 1. The maximum atomic E-state index is 14.8. The Hall–Kier alpha value is -6.36. The van der Waals surface area contributed by atoms with E-state index in [1.165, 1.54) is 33.3 Å². The highest BCUT2D eigenvalue weighted by Gasteiger charge is 2.50. The molecule has 5 N–H and O–H groups in total. The van der Waals surface area contributed by atoms with Gasteiger partial charge in [0.15, 0.2) is 0 Å². The van der Waals surface area contributed by atoms with E-state index >= 15 is 0 Å². The molecule has 0 radical (unpaired) electrons. The summed E-state index contributed by atoms with van der Waals surface area (Å²) in [4.78, 5) is 117. The molecule has 0 spiro atoms. The lowest BCUT2D eigenvalue weighted by Crippen LogP contribution is -2.58. The van der Waals surface area contributed by atoms with E-state index in [0.717, 1.165) is 39.1 Å². The molecule has 3 aromatic carbocycles. The molecule has 8 rings (SSSR count). The first-order valence-corrected chi connectivity index (χ1v) is 26.3. The summed E-state index contributed by atoms with van der Waals surface area (Å²) in [6.07, 6.45) is 2.12. The van der Waals surface area contributed by atoms with Crippen LogP contribution >= 0.6 is 30.3 Å². The predicted octanol–water partition coefficient (Wildman–Crippen LogP) is 6.61. The number of imide groups is 1. The molecule has 21 heteroatoms. The number of thiophene rings is 2. The van der Waals surface area contributed by atoms with Crippen molar-refractivity contribution in [1.29, 1.82) is 0 Å². The maximum Gasteiger partial charge on any atom is 0.399 e. The highest BCUT2D eigenvalue weighted by molar-refractivity contribution is 7.52. The zero-order valence-electron chi connectivity index (χ0n) is 39.0. The van der Waals surface area contributed by atoms with Gasteiger partial charge in [0.2, 0.25) is 29.5 Å². The van der Waals surface area contributed by atoms with Gasteiger partial charge in [-0.25, -0.2) is 0 Å². The number of benzene rings is 3. The zero-order valence-corrected chi connectivity index (χ0v) is 41.5. The molecule has 2 saturated heterocycles. The summed E-state index contributed by atoms with van der Waals surface area (Å²) in [5.41, 5.74) is -3.79. The Balaban J connectivity index is 0.910. The predicted molar refractivity (Wildman–Crippen MR) is 264 cm³/mol. The zero-order chi connectivity index (χ0) is 51.0. The number of hydrogen-bond donors (Lipinski definition) is 5. The van der Waals surface area contributed by atoms with Gasteiger partial charge in [0.05, 0.1) is 10.6 Å². The molecule has 7 amide bonds. The van der Waals surface area contributed by atoms with Crippen molar-refractivity contribution in [2.45, 2.75) is 96.1 Å². The third-order valence-electron chi connectivity index (χ3n) is 12.9. The molecule has 5 aromatic rings. The number of fused-ring (bicyclic) bond motifs is 3. The number of nitrogens with zero attached hydrogens (tertiary/aromatic N) is 3. The second-order valence-corrected chi connectivity index (χ2v) is 22.4. The van der Waals surface area contributed by atoms with Crippen LogP contribution in [0.25, 0.3) is 20.2 Å². The van der Waals surface area contributed by atoms with Gasteiger partial charge in [0.25, 0.3) is 11.8 Å². The van der Waals surface area contributed by atoms with Crippen LogP contribution in [0.4, 0.5) is 14.5 Å². The van der Waals surface area contributed by atoms with Crippen LogP contribution in [-0.4, -0.2) is 98.7 Å². The molecule has 3 atom stereocenters. The Morgan fingerprint density at radius 1 is 1.00 bits per heavy atom. The van der Waals surface area contributed by atoms with Crippen LogP contribution in [0.2, 0.25) is 0 Å². The number of alkyl halides is 2. The SMILES string of the molecule is CC(C)(C)C(NC(=O)c1cc2cc(C(F)(F)P(=O)(O)O)ccc2s1)C(=O)N1CCCC1C(=O)N(CCC(=O)NCCCC#Cc1cccc2c1CN(C1CCC(=O)NC1=O)C2=O)c1cccc2sccc12. The fourth-order valence-electron chi connectivity index (χ4n) is 9.12. The summed E-state index contributed by atoms with van der Waals surface area (Å²) >= 11 is 2.45. The number of rotatable bonds is 14. The molecule has 3 aliphatic heterocycles. The van der Waals surface area contributed by atoms with Gasteiger partial charge in [-0.2, -0.15) is 8.78 Å². The third kappa shape index (κ3) is 10.7. The molecule has 3 unspecified atom stereocenters. The van der Waals surface area contributed by atoms with E-state index in [0.29, 0.717) is 53.7 Å². The van der Waals surface area contributed by atoms with Crippen molar-refractivity contribution in [2.24, 2.45) is 5.41 Å². The normalized spacial score (nSPS) is 17.7. The number of carbonyl (C=O) groups excluding carboxylic acids is 7. The molecule has 2 fully saturated rings. The van der Waals surface area contributed by atoms with Crippen LogP contribution in [0.15, 0.2) is 72.1 Å². The van der Waals surface area contributed by atoms with Crippen LogP contribution in [-0.2, 0) is 40.7 Å². The van der Waals surface area contributed by atoms with Crippen molar-refractivity contribution >= 4 is 97.5 Å². The van der Waals surface area contributed by atoms with Crippen molar-refractivity contribution in [3.8, 4) is 11.8 Å². The van der Waals surface area contributed by atoms with Gasteiger partial charge in [-0.3, -0.25) is 43.4 Å². The number of hydrogen-bond acceptors (Lipinski definition) is 10. The van der Waals surface area contributed by atoms with E-state index in [1.807, 2.05) is 29.6 Å². The number of likely N-dealkylation sites (tertiary alicyclic amines) is 1. The van der Waals surface area contributed by atoms with Crippen LogP contribution in [0.3, 0.4) is 0 Å². The first kappa shape index (κ1) is 51.0. The summed E-state index contributed by atoms with van der Waals surface area (Å²) < 4.78 is 41.9. The van der Waals surface area contributed by atoms with E-state index in [-0.39, 0.29) is 66.9 Å². The van der Waals surface area contributed by atoms with Crippen molar-refractivity contribution in [2.75, 3.05) is 24.5 Å². The van der Waals surface area contributed by atoms with E-state index < -0.39 is 66.0 Å². The second kappa shape index (κ2) is 20.4. The summed E-state index contributed by atoms with van der Waals surface area (Å²) in [6.45, 7) is 6.01. The van der Waals surface area contributed by atoms with Gasteiger partial charge in [-0.05, 0) is 96.0 Å². The monoisotopic (exact) mass is 1030 g/mol. The van der Waals surface area contributed by atoms with E-state index in [9.17, 15) is 56.7 Å². The summed E-state index contributed by atoms with van der Waals surface area (Å²) in [7, 11) is -5.84. The van der Waals surface area contributed by atoms with Crippen LogP contribution in [0, 0.1) is 17.3 Å². The van der Waals surface area contributed by atoms with Crippen molar-refractivity contribution in [3.05, 3.63) is 99.2 Å². The largest absolute Gasteiger partial charge is 0.399 e. The Labute approximate surface area is 415 Å². The molecule has 372 valence electrons. The summed E-state index contributed by atoms with van der Waals surface area (Å²) in [6, 6.07) is 14.3. The van der Waals surface area contributed by atoms with Crippen molar-refractivity contribution in [3.63, 3.8) is 0 Å². The Bertz CT molecular complexity index is 3100. The highest BCUT2D eigenvalue weighted by Crippen LogP contribution is 2.59. The smallest absolute Gasteiger partial charge is 0.356 e. The quantitative estimate of drug-likeness (QED) is 0.0347. The lowest BCUT2D eigenvalue weighted by molar-refractivity contribution is -0.141. The minimum Gasteiger partial charge on any atom is -0.356 e. The summed E-state index contributed by atoms with van der Waals surface area (Å²) in [5, 5.41) is 10.9. The van der Waals surface area contributed by atoms with Gasteiger partial charge < -0.3 is 35.1 Å². The van der Waals surface area contributed by atoms with Crippen molar-refractivity contribution in [1.82, 2.24) is 25.8 Å². The highest BCUT2D eigenvalue weighted by atomic mass is 32.1. The number of piperidine rings is 1. The fraction of sp³-hybridized carbons (Fsp3) is 0.380. The molecule has 16 nitrogen and oxygen atoms in total. The van der Waals surface area contributed by atoms with Gasteiger partial charge >= 0.3 is 13.3 Å². The van der Waals surface area contributed by atoms with Gasteiger partial charge in [-0.15, -0.1) is 22.7 Å². The molecule has 0 saturated carbocycles. The van der Waals surface area contributed by atoms with E-state index in [4.69, 9.17) is 0 Å². The Morgan fingerprint density at radius 2 is 1.77 bits per heavy atom. The van der Waals surface area contributed by atoms with Gasteiger partial charge in [-0.1, -0.05) is 50.8 Å². The van der Waals surface area contributed by atoms with E-state index in [1.54, 1.807) is 43.9 Å². The number of amides is 7. The fourth-order valence-corrected chi connectivity index (χ4v) is 11.4. The topological polar surface area (TPSA) is 223 Å². The lowest BCUT2D eigenvalue weighted by Gasteiger charge is -2.36. The molecular weight excluding hydrogens is 978 g/mol. The van der Waals surface area contributed by atoms with Crippen LogP contribution < -0.4 is 20.9 Å². The molecule has 71 heavy (non-hydrogen) atoms. The minimum atomic E-state index is -5.84. The van der Waals surface area contributed by atoms with Crippen LogP contribution in [0.5, 0.6) is 0 Å². The average Bonchev–Trinajstić information content (AvgIpc) is 4.15. The lowest BCUT2D eigenvalue weighted by atomic mass is 9.85. The summed E-state index contributed by atoms with van der Waals surface area (Å²) in [5.74, 6) is 3.25. The number of halogens is 2. The van der Waals surface area contributed by atoms with Crippen molar-refractivity contribution < 1.29 is 56.7 Å². The maximum absolute atomic E-state index is 14.8. The van der Waals surface area contributed by atoms with E-state index in [2.05, 4.69) is 27.8 Å².